The number of hydrogen-bond donors (Lipinski definition) is 1. The van der Waals surface area contributed by atoms with Crippen LogP contribution in [0.2, 0.25) is 0 Å². The van der Waals surface area contributed by atoms with Crippen molar-refractivity contribution in [2.45, 2.75) is 26.2 Å². The van der Waals surface area contributed by atoms with E-state index in [0.717, 1.165) is 22.1 Å². The van der Waals surface area contributed by atoms with E-state index in [2.05, 4.69) is 49.7 Å². The molecule has 1 aromatic carbocycles. The minimum Gasteiger partial charge on any atom is -0.486 e. The minimum absolute atomic E-state index is 0.530. The lowest BCUT2D eigenvalue weighted by molar-refractivity contribution is 0.303. The minimum atomic E-state index is 0.530. The fraction of sp³-hybridized carbons (Fsp3) is 0.308. The van der Waals surface area contributed by atoms with E-state index in [-0.39, 0.29) is 0 Å². The normalized spacial score (nSPS) is 10.5. The molecule has 0 unspecified atom stereocenters. The van der Waals surface area contributed by atoms with E-state index in [9.17, 15) is 0 Å². The Hall–Kier alpha value is -1.000. The molecule has 90 valence electrons. The molecule has 0 fully saturated rings. The van der Waals surface area contributed by atoms with Gasteiger partial charge in [-0.25, -0.2) is 4.98 Å². The summed E-state index contributed by atoms with van der Waals surface area (Å²) in [5.41, 5.74) is 2.36. The van der Waals surface area contributed by atoms with Crippen LogP contribution in [0.4, 0.5) is 0 Å². The summed E-state index contributed by atoms with van der Waals surface area (Å²) in [5.74, 6) is 1.67. The zero-order chi connectivity index (χ0) is 12.3. The summed E-state index contributed by atoms with van der Waals surface area (Å²) in [6.07, 6.45) is 1.86. The van der Waals surface area contributed by atoms with Crippen LogP contribution in [0.5, 0.6) is 5.75 Å². The number of aromatic nitrogens is 1. The molecule has 1 heterocycles. The first kappa shape index (κ1) is 12.5. The Morgan fingerprint density at radius 1 is 1.35 bits per heavy atom. The van der Waals surface area contributed by atoms with Crippen LogP contribution in [0, 0.1) is 13.8 Å². The smallest absolute Gasteiger partial charge is 0.140 e. The Balaban J connectivity index is 2.04. The molecule has 0 spiro atoms. The highest BCUT2D eigenvalue weighted by atomic mass is 32.1. The zero-order valence-electron chi connectivity index (χ0n) is 9.93. The Bertz CT molecular complexity index is 508. The second kappa shape index (κ2) is 5.56. The molecule has 2 rings (SSSR count). The SMILES string of the molecule is Cc1ccc(C)c(OCc2ncc(CS)s2)c1. The first-order valence-electron chi connectivity index (χ1n) is 5.43. The van der Waals surface area contributed by atoms with E-state index in [1.54, 1.807) is 11.3 Å². The van der Waals surface area contributed by atoms with Crippen molar-refractivity contribution in [3.05, 3.63) is 45.4 Å². The van der Waals surface area contributed by atoms with Crippen molar-refractivity contribution in [1.82, 2.24) is 4.98 Å². The van der Waals surface area contributed by atoms with Crippen LogP contribution in [-0.4, -0.2) is 4.98 Å². The van der Waals surface area contributed by atoms with Crippen molar-refractivity contribution in [3.8, 4) is 5.75 Å². The number of aryl methyl sites for hydroxylation is 2. The van der Waals surface area contributed by atoms with Gasteiger partial charge in [0.2, 0.25) is 0 Å². The average molecular weight is 265 g/mol. The first-order chi connectivity index (χ1) is 8.19. The van der Waals surface area contributed by atoms with Crippen molar-refractivity contribution < 1.29 is 4.74 Å². The Morgan fingerprint density at radius 2 is 2.18 bits per heavy atom. The van der Waals surface area contributed by atoms with Crippen molar-refractivity contribution in [2.24, 2.45) is 0 Å². The van der Waals surface area contributed by atoms with Crippen LogP contribution in [0.25, 0.3) is 0 Å². The summed E-state index contributed by atoms with van der Waals surface area (Å²) in [5, 5.41) is 0.995. The van der Waals surface area contributed by atoms with Crippen LogP contribution in [-0.2, 0) is 12.4 Å². The van der Waals surface area contributed by atoms with Crippen molar-refractivity contribution >= 4 is 24.0 Å². The van der Waals surface area contributed by atoms with Crippen molar-refractivity contribution in [3.63, 3.8) is 0 Å². The summed E-state index contributed by atoms with van der Waals surface area (Å²) in [6, 6.07) is 6.22. The Labute approximate surface area is 111 Å². The lowest BCUT2D eigenvalue weighted by Gasteiger charge is -2.08. The lowest BCUT2D eigenvalue weighted by atomic mass is 10.1. The second-order valence-corrected chi connectivity index (χ2v) is 5.45. The summed E-state index contributed by atoms with van der Waals surface area (Å²) in [7, 11) is 0. The highest BCUT2D eigenvalue weighted by molar-refractivity contribution is 7.79. The molecule has 4 heteroatoms. The molecule has 0 aliphatic carbocycles. The van der Waals surface area contributed by atoms with E-state index in [4.69, 9.17) is 4.74 Å². The van der Waals surface area contributed by atoms with Gasteiger partial charge in [-0.2, -0.15) is 12.6 Å². The molecule has 2 nitrogen and oxygen atoms in total. The largest absolute Gasteiger partial charge is 0.486 e. The Kier molecular flexibility index (Phi) is 4.07. The van der Waals surface area contributed by atoms with Gasteiger partial charge in [0.1, 0.15) is 17.4 Å². The number of benzene rings is 1. The van der Waals surface area contributed by atoms with Crippen LogP contribution in [0.3, 0.4) is 0 Å². The van der Waals surface area contributed by atoms with Crippen LogP contribution < -0.4 is 4.74 Å². The third-order valence-corrected chi connectivity index (χ3v) is 3.98. The summed E-state index contributed by atoms with van der Waals surface area (Å²) >= 11 is 5.87. The van der Waals surface area contributed by atoms with Gasteiger partial charge in [0.05, 0.1) is 0 Å². The molecule has 1 aromatic heterocycles. The fourth-order valence-electron chi connectivity index (χ4n) is 1.49. The molecule has 0 aliphatic rings. The van der Waals surface area contributed by atoms with Crippen LogP contribution in [0.15, 0.2) is 24.4 Å². The number of rotatable bonds is 4. The van der Waals surface area contributed by atoms with E-state index in [1.165, 1.54) is 10.4 Å². The molecular weight excluding hydrogens is 250 g/mol. The molecular formula is C13H15NOS2. The molecule has 0 atom stereocenters. The third kappa shape index (κ3) is 3.23. The molecule has 0 radical (unpaired) electrons. The number of thiazole rings is 1. The maximum absolute atomic E-state index is 5.78. The van der Waals surface area contributed by atoms with Gasteiger partial charge in [0, 0.05) is 16.8 Å². The first-order valence-corrected chi connectivity index (χ1v) is 6.88. The zero-order valence-corrected chi connectivity index (χ0v) is 11.6. The van der Waals surface area contributed by atoms with Gasteiger partial charge in [-0.05, 0) is 31.0 Å². The maximum Gasteiger partial charge on any atom is 0.140 e. The molecule has 0 N–H and O–H groups in total. The molecule has 17 heavy (non-hydrogen) atoms. The summed E-state index contributed by atoms with van der Waals surface area (Å²) in [6.45, 7) is 4.65. The molecule has 0 saturated heterocycles. The molecule has 2 aromatic rings. The standard InChI is InChI=1S/C13H15NOS2/c1-9-3-4-10(2)12(5-9)15-7-13-14-6-11(8-16)17-13/h3-6,16H,7-8H2,1-2H3. The van der Waals surface area contributed by atoms with Gasteiger partial charge in [-0.3, -0.25) is 0 Å². The fourth-order valence-corrected chi connectivity index (χ4v) is 2.46. The molecule has 0 amide bonds. The van der Waals surface area contributed by atoms with Gasteiger partial charge in [-0.1, -0.05) is 12.1 Å². The predicted molar refractivity (Wildman–Crippen MR) is 75.1 cm³/mol. The maximum atomic E-state index is 5.78. The summed E-state index contributed by atoms with van der Waals surface area (Å²) in [4.78, 5) is 5.47. The monoisotopic (exact) mass is 265 g/mol. The van der Waals surface area contributed by atoms with Gasteiger partial charge in [-0.15, -0.1) is 11.3 Å². The third-order valence-electron chi connectivity index (χ3n) is 2.45. The van der Waals surface area contributed by atoms with Crippen molar-refractivity contribution in [1.29, 1.82) is 0 Å². The van der Waals surface area contributed by atoms with Crippen LogP contribution >= 0.6 is 24.0 Å². The second-order valence-electron chi connectivity index (χ2n) is 3.94. The quantitative estimate of drug-likeness (QED) is 0.850. The van der Waals surface area contributed by atoms with E-state index in [1.807, 2.05) is 6.20 Å². The van der Waals surface area contributed by atoms with Gasteiger partial charge in [0.25, 0.3) is 0 Å². The lowest BCUT2D eigenvalue weighted by Crippen LogP contribution is -1.96. The van der Waals surface area contributed by atoms with E-state index in [0.29, 0.717) is 6.61 Å². The topological polar surface area (TPSA) is 22.1 Å². The van der Waals surface area contributed by atoms with Crippen LogP contribution in [0.1, 0.15) is 21.0 Å². The Morgan fingerprint density at radius 3 is 2.88 bits per heavy atom. The van der Waals surface area contributed by atoms with E-state index < -0.39 is 0 Å². The van der Waals surface area contributed by atoms with E-state index >= 15 is 0 Å². The number of ether oxygens (including phenoxy) is 1. The predicted octanol–water partition coefficient (Wildman–Crippen LogP) is 3.77. The highest BCUT2D eigenvalue weighted by Gasteiger charge is 2.04. The number of thiol groups is 1. The van der Waals surface area contributed by atoms with Gasteiger partial charge in [0.15, 0.2) is 0 Å². The average Bonchev–Trinajstić information content (AvgIpc) is 2.78. The number of hydrogen-bond acceptors (Lipinski definition) is 4. The molecule has 0 bridgehead atoms. The summed E-state index contributed by atoms with van der Waals surface area (Å²) < 4.78 is 5.78. The van der Waals surface area contributed by atoms with Gasteiger partial charge >= 0.3 is 0 Å². The number of nitrogens with zero attached hydrogens (tertiary/aromatic N) is 1. The molecule has 0 aliphatic heterocycles. The highest BCUT2D eigenvalue weighted by Crippen LogP contribution is 2.22. The van der Waals surface area contributed by atoms with Crippen molar-refractivity contribution in [2.75, 3.05) is 0 Å². The molecule has 0 saturated carbocycles. The van der Waals surface area contributed by atoms with Gasteiger partial charge < -0.3 is 4.74 Å².